The van der Waals surface area contributed by atoms with Crippen LogP contribution >= 0.6 is 0 Å². The molecule has 1 atom stereocenters. The predicted octanol–water partition coefficient (Wildman–Crippen LogP) is 2.15. The van der Waals surface area contributed by atoms with E-state index in [1.165, 1.54) is 77.0 Å². The molecule has 1 N–H and O–H groups in total. The Morgan fingerprint density at radius 2 is 1.05 bits per heavy atom. The van der Waals surface area contributed by atoms with Crippen molar-refractivity contribution in [1.29, 1.82) is 0 Å². The highest BCUT2D eigenvalue weighted by Crippen LogP contribution is 2.15. The van der Waals surface area contributed by atoms with Crippen molar-refractivity contribution >= 4 is 0 Å². The Bertz CT molecular complexity index is 216. The van der Waals surface area contributed by atoms with E-state index in [0.29, 0.717) is 12.6 Å². The fourth-order valence-electron chi connectivity index (χ4n) is 2.94. The van der Waals surface area contributed by atoms with E-state index in [2.05, 4.69) is 28.1 Å². The Balaban J connectivity index is 0. The quantitative estimate of drug-likeness (QED) is 0.359. The van der Waals surface area contributed by atoms with E-state index >= 15 is 0 Å². The van der Waals surface area contributed by atoms with Crippen LogP contribution in [0.5, 0.6) is 0 Å². The molecule has 1 unspecified atom stereocenters. The molecule has 0 fully saturated rings. The maximum Gasteiger partial charge on any atom is 0.112 e. The first kappa shape index (κ1) is 24.5. The van der Waals surface area contributed by atoms with E-state index in [-0.39, 0.29) is 12.4 Å². The van der Waals surface area contributed by atoms with Crippen molar-refractivity contribution in [3.8, 4) is 0 Å². The molecule has 0 rings (SSSR count). The Hall–Kier alpha value is 0.210. The van der Waals surface area contributed by atoms with Crippen molar-refractivity contribution in [2.75, 3.05) is 27.7 Å². The molecular formula is C19H42ClNO. The highest BCUT2D eigenvalue weighted by Gasteiger charge is 2.21. The molecule has 0 aliphatic rings. The topological polar surface area (TPSA) is 20.2 Å². The van der Waals surface area contributed by atoms with E-state index in [4.69, 9.17) is 0 Å². The summed E-state index contributed by atoms with van der Waals surface area (Å²) in [5, 5.41) is 9.42. The molecule has 0 aliphatic carbocycles. The number of unbranched alkanes of at least 4 members (excludes halogenated alkanes) is 11. The molecule has 0 aromatic rings. The van der Waals surface area contributed by atoms with Crippen molar-refractivity contribution < 1.29 is 22.0 Å². The molecule has 136 valence electrons. The largest absolute Gasteiger partial charge is 1.00 e. The lowest BCUT2D eigenvalue weighted by Crippen LogP contribution is -3.00. The number of quaternary nitrogens is 1. The van der Waals surface area contributed by atoms with Gasteiger partial charge in [0.15, 0.2) is 0 Å². The minimum absolute atomic E-state index is 0. The van der Waals surface area contributed by atoms with Crippen LogP contribution in [-0.4, -0.2) is 43.4 Å². The van der Waals surface area contributed by atoms with Crippen molar-refractivity contribution in [2.24, 2.45) is 0 Å². The van der Waals surface area contributed by atoms with Gasteiger partial charge in [0.2, 0.25) is 0 Å². The van der Waals surface area contributed by atoms with Crippen molar-refractivity contribution in [2.45, 2.75) is 96.4 Å². The zero-order valence-corrected chi connectivity index (χ0v) is 16.5. The fourth-order valence-corrected chi connectivity index (χ4v) is 2.94. The molecule has 0 heterocycles. The van der Waals surface area contributed by atoms with Gasteiger partial charge >= 0.3 is 0 Å². The second-order valence-electron chi connectivity index (χ2n) is 7.63. The molecule has 0 aromatic heterocycles. The minimum atomic E-state index is 0. The van der Waals surface area contributed by atoms with E-state index in [9.17, 15) is 5.11 Å². The fraction of sp³-hybridized carbons (Fsp3) is 1.00. The molecule has 0 amide bonds. The number of likely N-dealkylation sites (N-methyl/N-ethyl adjacent to an activating group) is 1. The average Bonchev–Trinajstić information content (AvgIpc) is 2.42. The van der Waals surface area contributed by atoms with Gasteiger partial charge in [-0.25, -0.2) is 0 Å². The molecule has 0 saturated heterocycles. The van der Waals surface area contributed by atoms with E-state index in [1.807, 2.05) is 0 Å². The van der Waals surface area contributed by atoms with Gasteiger partial charge in [-0.05, 0) is 6.42 Å². The highest BCUT2D eigenvalue weighted by atomic mass is 35.5. The third-order valence-corrected chi connectivity index (χ3v) is 4.70. The lowest BCUT2D eigenvalue weighted by atomic mass is 10.0. The zero-order valence-electron chi connectivity index (χ0n) is 15.7. The first-order chi connectivity index (χ1) is 10.0. The van der Waals surface area contributed by atoms with Gasteiger partial charge < -0.3 is 22.0 Å². The van der Waals surface area contributed by atoms with Gasteiger partial charge in [0.05, 0.1) is 27.7 Å². The number of aliphatic hydroxyl groups is 1. The minimum Gasteiger partial charge on any atom is -1.00 e. The molecule has 22 heavy (non-hydrogen) atoms. The third-order valence-electron chi connectivity index (χ3n) is 4.70. The smallest absolute Gasteiger partial charge is 0.112 e. The molecule has 0 spiro atoms. The Morgan fingerprint density at radius 1 is 0.682 bits per heavy atom. The predicted molar refractivity (Wildman–Crippen MR) is 94.6 cm³/mol. The van der Waals surface area contributed by atoms with Gasteiger partial charge in [-0.3, -0.25) is 0 Å². The summed E-state index contributed by atoms with van der Waals surface area (Å²) in [5.41, 5.74) is 0. The van der Waals surface area contributed by atoms with Crippen LogP contribution in [0.15, 0.2) is 0 Å². The second kappa shape index (κ2) is 16.1. The summed E-state index contributed by atoms with van der Waals surface area (Å²) in [6, 6.07) is 0.410. The van der Waals surface area contributed by atoms with Crippen molar-refractivity contribution in [3.63, 3.8) is 0 Å². The summed E-state index contributed by atoms with van der Waals surface area (Å²) in [6.45, 7) is 2.60. The van der Waals surface area contributed by atoms with Crippen molar-refractivity contribution in [1.82, 2.24) is 0 Å². The van der Waals surface area contributed by atoms with Crippen LogP contribution in [0, 0.1) is 0 Å². The number of nitrogens with zero attached hydrogens (tertiary/aromatic N) is 1. The van der Waals surface area contributed by atoms with Crippen LogP contribution in [0.1, 0.15) is 90.4 Å². The number of hydrogen-bond acceptors (Lipinski definition) is 1. The molecular weight excluding hydrogens is 294 g/mol. The van der Waals surface area contributed by atoms with Gasteiger partial charge in [-0.1, -0.05) is 77.6 Å². The first-order valence-corrected chi connectivity index (χ1v) is 9.44. The molecule has 0 bridgehead atoms. The second-order valence-corrected chi connectivity index (χ2v) is 7.63. The molecule has 0 radical (unpaired) electrons. The molecule has 0 saturated carbocycles. The third kappa shape index (κ3) is 15.1. The van der Waals surface area contributed by atoms with E-state index in [0.717, 1.165) is 10.9 Å². The number of aliphatic hydroxyl groups excluding tert-OH is 1. The van der Waals surface area contributed by atoms with Gasteiger partial charge in [-0.15, -0.1) is 0 Å². The summed E-state index contributed by atoms with van der Waals surface area (Å²) in [4.78, 5) is 0. The molecule has 0 aliphatic heterocycles. The lowest BCUT2D eigenvalue weighted by Gasteiger charge is -2.33. The van der Waals surface area contributed by atoms with Gasteiger partial charge in [0, 0.05) is 6.42 Å². The summed E-state index contributed by atoms with van der Waals surface area (Å²) in [7, 11) is 6.55. The van der Waals surface area contributed by atoms with Crippen LogP contribution in [0.3, 0.4) is 0 Å². The molecule has 3 heteroatoms. The Morgan fingerprint density at radius 3 is 1.36 bits per heavy atom. The van der Waals surface area contributed by atoms with Gasteiger partial charge in [-0.2, -0.15) is 0 Å². The molecule has 0 aromatic carbocycles. The van der Waals surface area contributed by atoms with E-state index in [1.54, 1.807) is 0 Å². The summed E-state index contributed by atoms with van der Waals surface area (Å²) in [6.07, 6.45) is 18.0. The summed E-state index contributed by atoms with van der Waals surface area (Å²) < 4.78 is 0.883. The monoisotopic (exact) mass is 335 g/mol. The van der Waals surface area contributed by atoms with Crippen LogP contribution in [0.2, 0.25) is 0 Å². The van der Waals surface area contributed by atoms with Gasteiger partial charge in [0.1, 0.15) is 6.04 Å². The van der Waals surface area contributed by atoms with Crippen molar-refractivity contribution in [3.05, 3.63) is 0 Å². The maximum absolute atomic E-state index is 9.42. The number of hydrogen-bond donors (Lipinski definition) is 1. The number of halogens is 1. The van der Waals surface area contributed by atoms with Crippen LogP contribution in [-0.2, 0) is 0 Å². The van der Waals surface area contributed by atoms with E-state index < -0.39 is 0 Å². The SMILES string of the molecule is CCCCCCCCCCCCCCC(CO)[N+](C)(C)C.[Cl-]. The summed E-state index contributed by atoms with van der Waals surface area (Å²) >= 11 is 0. The molecule has 2 nitrogen and oxygen atoms in total. The Labute approximate surface area is 146 Å². The average molecular weight is 336 g/mol. The highest BCUT2D eigenvalue weighted by molar-refractivity contribution is 4.57. The Kier molecular flexibility index (Phi) is 17.9. The number of rotatable bonds is 15. The standard InChI is InChI=1S/C19H42NO.ClH/c1-5-6-7-8-9-10-11-12-13-14-15-16-17-19(18-21)20(2,3)4;/h19,21H,5-18H2,1-4H3;1H/q+1;/p-1. The maximum atomic E-state index is 9.42. The van der Waals surface area contributed by atoms with Crippen LogP contribution in [0.25, 0.3) is 0 Å². The first-order valence-electron chi connectivity index (χ1n) is 9.44. The van der Waals surface area contributed by atoms with Crippen LogP contribution in [0.4, 0.5) is 0 Å². The lowest BCUT2D eigenvalue weighted by molar-refractivity contribution is -0.897. The normalized spacial score (nSPS) is 13.0. The zero-order chi connectivity index (χ0) is 16.0. The van der Waals surface area contributed by atoms with Crippen LogP contribution < -0.4 is 12.4 Å². The summed E-state index contributed by atoms with van der Waals surface area (Å²) in [5.74, 6) is 0. The van der Waals surface area contributed by atoms with Gasteiger partial charge in [0.25, 0.3) is 0 Å².